The van der Waals surface area contributed by atoms with Gasteiger partial charge in [0, 0.05) is 17.5 Å². The standard InChI is InChI=1S/C21H22N2O3S/c1-3-26-17-9-6-8-16(13-17)21-23-18(14-27-21)20(24)22-12-11-15-7-4-5-10-19(15)25-2/h4-10,13-14H,3,11-12H2,1-2H3,(H,22,24). The van der Waals surface area contributed by atoms with E-state index in [0.717, 1.165) is 27.6 Å². The highest BCUT2D eigenvalue weighted by molar-refractivity contribution is 7.13. The average Bonchev–Trinajstić information content (AvgIpc) is 3.19. The van der Waals surface area contributed by atoms with Crippen molar-refractivity contribution in [2.45, 2.75) is 13.3 Å². The number of methoxy groups -OCH3 is 1. The number of nitrogens with zero attached hydrogens (tertiary/aromatic N) is 1. The topological polar surface area (TPSA) is 60.5 Å². The zero-order valence-electron chi connectivity index (χ0n) is 15.4. The van der Waals surface area contributed by atoms with Gasteiger partial charge in [-0.1, -0.05) is 30.3 Å². The number of carbonyl (C=O) groups is 1. The molecule has 0 fully saturated rings. The first-order valence-corrected chi connectivity index (χ1v) is 9.68. The lowest BCUT2D eigenvalue weighted by molar-refractivity contribution is 0.0950. The lowest BCUT2D eigenvalue weighted by Crippen LogP contribution is -2.26. The summed E-state index contributed by atoms with van der Waals surface area (Å²) in [6.45, 7) is 3.08. The quantitative estimate of drug-likeness (QED) is 0.635. The van der Waals surface area contributed by atoms with Crippen molar-refractivity contribution >= 4 is 17.2 Å². The van der Waals surface area contributed by atoms with Crippen LogP contribution in [0, 0.1) is 0 Å². The van der Waals surface area contributed by atoms with E-state index in [9.17, 15) is 4.79 Å². The third kappa shape index (κ3) is 4.86. The Bertz CT molecular complexity index is 908. The molecule has 3 aromatic rings. The van der Waals surface area contributed by atoms with Gasteiger partial charge in [-0.15, -0.1) is 11.3 Å². The molecule has 2 aromatic carbocycles. The maximum absolute atomic E-state index is 12.4. The minimum absolute atomic E-state index is 0.173. The first-order chi connectivity index (χ1) is 13.2. The van der Waals surface area contributed by atoms with E-state index in [1.807, 2.05) is 55.5 Å². The molecular formula is C21H22N2O3S. The minimum atomic E-state index is -0.173. The molecule has 3 rings (SSSR count). The van der Waals surface area contributed by atoms with Gasteiger partial charge in [-0.25, -0.2) is 4.98 Å². The molecular weight excluding hydrogens is 360 g/mol. The van der Waals surface area contributed by atoms with Gasteiger partial charge in [0.15, 0.2) is 0 Å². The lowest BCUT2D eigenvalue weighted by atomic mass is 10.1. The summed E-state index contributed by atoms with van der Waals surface area (Å²) in [5, 5.41) is 5.50. The molecule has 0 atom stereocenters. The van der Waals surface area contributed by atoms with Crippen LogP contribution in [-0.2, 0) is 6.42 Å². The number of para-hydroxylation sites is 1. The molecule has 0 unspecified atom stereocenters. The van der Waals surface area contributed by atoms with Gasteiger partial charge in [-0.3, -0.25) is 4.79 Å². The van der Waals surface area contributed by atoms with E-state index in [2.05, 4.69) is 10.3 Å². The van der Waals surface area contributed by atoms with Crippen molar-refractivity contribution in [2.75, 3.05) is 20.3 Å². The molecule has 27 heavy (non-hydrogen) atoms. The maximum Gasteiger partial charge on any atom is 0.270 e. The molecule has 0 spiro atoms. The second-order valence-corrected chi connectivity index (χ2v) is 6.67. The maximum atomic E-state index is 12.4. The van der Waals surface area contributed by atoms with E-state index >= 15 is 0 Å². The molecule has 5 nitrogen and oxygen atoms in total. The van der Waals surface area contributed by atoms with Crippen LogP contribution in [0.3, 0.4) is 0 Å². The van der Waals surface area contributed by atoms with Crippen LogP contribution in [0.15, 0.2) is 53.9 Å². The summed E-state index contributed by atoms with van der Waals surface area (Å²) in [5.41, 5.74) is 2.43. The molecule has 0 aliphatic carbocycles. The van der Waals surface area contributed by atoms with Gasteiger partial charge in [0.1, 0.15) is 22.2 Å². The summed E-state index contributed by atoms with van der Waals surface area (Å²) in [6.07, 6.45) is 0.698. The van der Waals surface area contributed by atoms with Crippen molar-refractivity contribution < 1.29 is 14.3 Å². The molecule has 6 heteroatoms. The van der Waals surface area contributed by atoms with E-state index in [-0.39, 0.29) is 5.91 Å². The highest BCUT2D eigenvalue weighted by Crippen LogP contribution is 2.27. The van der Waals surface area contributed by atoms with E-state index < -0.39 is 0 Å². The SMILES string of the molecule is CCOc1cccc(-c2nc(C(=O)NCCc3ccccc3OC)cs2)c1. The largest absolute Gasteiger partial charge is 0.496 e. The van der Waals surface area contributed by atoms with Crippen molar-refractivity contribution in [3.8, 4) is 22.1 Å². The van der Waals surface area contributed by atoms with Gasteiger partial charge < -0.3 is 14.8 Å². The van der Waals surface area contributed by atoms with Crippen LogP contribution in [0.25, 0.3) is 10.6 Å². The van der Waals surface area contributed by atoms with E-state index in [1.54, 1.807) is 12.5 Å². The number of thiazole rings is 1. The van der Waals surface area contributed by atoms with Gasteiger partial charge in [-0.2, -0.15) is 0 Å². The van der Waals surface area contributed by atoms with Crippen LogP contribution in [0.4, 0.5) is 0 Å². The van der Waals surface area contributed by atoms with Crippen LogP contribution in [0.2, 0.25) is 0 Å². The number of nitrogens with one attached hydrogen (secondary N) is 1. The molecule has 0 bridgehead atoms. The van der Waals surface area contributed by atoms with Gasteiger partial charge in [0.05, 0.1) is 13.7 Å². The molecule has 0 saturated heterocycles. The normalized spacial score (nSPS) is 10.4. The zero-order chi connectivity index (χ0) is 19.1. The summed E-state index contributed by atoms with van der Waals surface area (Å²) in [5.74, 6) is 1.46. The smallest absolute Gasteiger partial charge is 0.270 e. The van der Waals surface area contributed by atoms with Crippen molar-refractivity contribution in [3.63, 3.8) is 0 Å². The Kier molecular flexibility index (Phi) is 6.44. The van der Waals surface area contributed by atoms with Crippen molar-refractivity contribution in [2.24, 2.45) is 0 Å². The van der Waals surface area contributed by atoms with Crippen LogP contribution in [0.5, 0.6) is 11.5 Å². The molecule has 140 valence electrons. The van der Waals surface area contributed by atoms with Gasteiger partial charge >= 0.3 is 0 Å². The monoisotopic (exact) mass is 382 g/mol. The highest BCUT2D eigenvalue weighted by atomic mass is 32.1. The van der Waals surface area contributed by atoms with Gasteiger partial charge in [0.25, 0.3) is 5.91 Å². The first-order valence-electron chi connectivity index (χ1n) is 8.80. The predicted octanol–water partition coefficient (Wildman–Crippen LogP) is 4.19. The summed E-state index contributed by atoms with van der Waals surface area (Å²) in [4.78, 5) is 16.8. The molecule has 0 radical (unpaired) electrons. The Balaban J connectivity index is 1.61. The van der Waals surface area contributed by atoms with Crippen molar-refractivity contribution in [1.29, 1.82) is 0 Å². The number of rotatable bonds is 8. The second-order valence-electron chi connectivity index (χ2n) is 5.82. The van der Waals surface area contributed by atoms with Crippen LogP contribution < -0.4 is 14.8 Å². The first kappa shape index (κ1) is 18.9. The third-order valence-corrected chi connectivity index (χ3v) is 4.89. The molecule has 0 aliphatic heterocycles. The fraction of sp³-hybridized carbons (Fsp3) is 0.238. The lowest BCUT2D eigenvalue weighted by Gasteiger charge is -2.08. The fourth-order valence-electron chi connectivity index (χ4n) is 2.71. The number of ether oxygens (including phenoxy) is 2. The summed E-state index contributed by atoms with van der Waals surface area (Å²) in [7, 11) is 1.65. The van der Waals surface area contributed by atoms with Gasteiger partial charge in [-0.05, 0) is 37.1 Å². The highest BCUT2D eigenvalue weighted by Gasteiger charge is 2.12. The Morgan fingerprint density at radius 2 is 2.04 bits per heavy atom. The average molecular weight is 382 g/mol. The molecule has 1 amide bonds. The minimum Gasteiger partial charge on any atom is -0.496 e. The Morgan fingerprint density at radius 1 is 1.19 bits per heavy atom. The molecule has 1 aromatic heterocycles. The van der Waals surface area contributed by atoms with Crippen molar-refractivity contribution in [1.82, 2.24) is 10.3 Å². The summed E-state index contributed by atoms with van der Waals surface area (Å²) in [6, 6.07) is 15.5. The molecule has 0 aliphatic rings. The number of hydrogen-bond donors (Lipinski definition) is 1. The predicted molar refractivity (Wildman–Crippen MR) is 108 cm³/mol. The fourth-order valence-corrected chi connectivity index (χ4v) is 3.50. The second kappa shape index (κ2) is 9.19. The van der Waals surface area contributed by atoms with Crippen molar-refractivity contribution in [3.05, 3.63) is 65.2 Å². The number of hydrogen-bond acceptors (Lipinski definition) is 5. The number of aromatic nitrogens is 1. The Labute approximate surface area is 163 Å². The zero-order valence-corrected chi connectivity index (χ0v) is 16.2. The Hall–Kier alpha value is -2.86. The van der Waals surface area contributed by atoms with Crippen LogP contribution in [0.1, 0.15) is 23.0 Å². The molecule has 0 saturated carbocycles. The summed E-state index contributed by atoms with van der Waals surface area (Å²) < 4.78 is 10.9. The Morgan fingerprint density at radius 3 is 2.85 bits per heavy atom. The van der Waals surface area contributed by atoms with E-state index in [4.69, 9.17) is 9.47 Å². The number of benzene rings is 2. The molecule has 1 heterocycles. The molecule has 1 N–H and O–H groups in total. The summed E-state index contributed by atoms with van der Waals surface area (Å²) >= 11 is 1.45. The number of amides is 1. The van der Waals surface area contributed by atoms with Gasteiger partial charge in [0.2, 0.25) is 0 Å². The number of carbonyl (C=O) groups excluding carboxylic acids is 1. The van der Waals surface area contributed by atoms with E-state index in [0.29, 0.717) is 25.3 Å². The third-order valence-electron chi connectivity index (χ3n) is 4.00. The van der Waals surface area contributed by atoms with E-state index in [1.165, 1.54) is 11.3 Å². The van der Waals surface area contributed by atoms with Crippen LogP contribution >= 0.6 is 11.3 Å². The van der Waals surface area contributed by atoms with Crippen LogP contribution in [-0.4, -0.2) is 31.2 Å².